The average molecular weight is 278 g/mol. The molecule has 20 heavy (non-hydrogen) atoms. The summed E-state index contributed by atoms with van der Waals surface area (Å²) >= 11 is 0. The monoisotopic (exact) mass is 278 g/mol. The largest absolute Gasteiger partial charge is 0.491 e. The molecule has 1 amide bonds. The number of carbonyl (C=O) groups excluding carboxylic acids is 1. The van der Waals surface area contributed by atoms with Crippen LogP contribution in [0.25, 0.3) is 0 Å². The van der Waals surface area contributed by atoms with E-state index in [9.17, 15) is 4.79 Å². The van der Waals surface area contributed by atoms with E-state index in [1.165, 1.54) is 0 Å². The Morgan fingerprint density at radius 2 is 1.95 bits per heavy atom. The average Bonchev–Trinajstić information content (AvgIpc) is 2.45. The second-order valence-electron chi connectivity index (χ2n) is 4.92. The third-order valence-electron chi connectivity index (χ3n) is 3.09. The lowest BCUT2D eigenvalue weighted by atomic mass is 10.1. The van der Waals surface area contributed by atoms with E-state index in [4.69, 9.17) is 10.5 Å². The number of hydrogen-bond donors (Lipinski definition) is 2. The van der Waals surface area contributed by atoms with Crippen LogP contribution in [-0.4, -0.2) is 19.1 Å². The normalized spacial score (nSPS) is 10.3. The number of amides is 1. The second-order valence-corrected chi connectivity index (χ2v) is 4.92. The summed E-state index contributed by atoms with van der Waals surface area (Å²) < 4.78 is 5.57. The summed E-state index contributed by atoms with van der Waals surface area (Å²) in [4.78, 5) is 11.9. The highest BCUT2D eigenvalue weighted by atomic mass is 16.5. The van der Waals surface area contributed by atoms with Crippen LogP contribution in [0.1, 0.15) is 56.3 Å². The molecule has 0 saturated heterocycles. The summed E-state index contributed by atoms with van der Waals surface area (Å²) in [5.74, 6) is 0.578. The zero-order chi connectivity index (χ0) is 14.8. The molecule has 1 aromatic carbocycles. The minimum Gasteiger partial charge on any atom is -0.491 e. The highest BCUT2D eigenvalue weighted by molar-refractivity contribution is 5.95. The van der Waals surface area contributed by atoms with Gasteiger partial charge in [0.1, 0.15) is 5.75 Å². The number of nitrogens with one attached hydrogen (secondary N) is 1. The van der Waals surface area contributed by atoms with E-state index in [0.717, 1.165) is 32.1 Å². The molecule has 112 valence electrons. The molecule has 0 heterocycles. The molecule has 0 aliphatic rings. The van der Waals surface area contributed by atoms with Crippen LogP contribution >= 0.6 is 0 Å². The Labute approximate surface area is 121 Å². The van der Waals surface area contributed by atoms with E-state index in [2.05, 4.69) is 19.2 Å². The number of benzene rings is 1. The van der Waals surface area contributed by atoms with Gasteiger partial charge in [-0.2, -0.15) is 0 Å². The van der Waals surface area contributed by atoms with Crippen LogP contribution in [0.15, 0.2) is 18.2 Å². The van der Waals surface area contributed by atoms with Crippen LogP contribution < -0.4 is 15.8 Å². The van der Waals surface area contributed by atoms with E-state index in [-0.39, 0.29) is 5.91 Å². The molecule has 0 spiro atoms. The topological polar surface area (TPSA) is 64.3 Å². The summed E-state index contributed by atoms with van der Waals surface area (Å²) in [5.41, 5.74) is 7.01. The van der Waals surface area contributed by atoms with Gasteiger partial charge in [-0.15, -0.1) is 0 Å². The van der Waals surface area contributed by atoms with Crippen LogP contribution in [0, 0.1) is 0 Å². The minimum atomic E-state index is -0.0760. The summed E-state index contributed by atoms with van der Waals surface area (Å²) in [7, 11) is 0. The third kappa shape index (κ3) is 5.51. The molecule has 0 radical (unpaired) electrons. The molecular weight excluding hydrogens is 252 g/mol. The Bertz CT molecular complexity index is 419. The van der Waals surface area contributed by atoms with Crippen molar-refractivity contribution in [3.05, 3.63) is 23.8 Å². The van der Waals surface area contributed by atoms with Crippen molar-refractivity contribution in [2.45, 2.75) is 46.0 Å². The molecule has 0 aliphatic heterocycles. The lowest BCUT2D eigenvalue weighted by Crippen LogP contribution is -2.24. The van der Waals surface area contributed by atoms with Gasteiger partial charge in [-0.05, 0) is 31.0 Å². The Balaban J connectivity index is 2.50. The molecule has 0 aromatic heterocycles. The van der Waals surface area contributed by atoms with Crippen LogP contribution in [0.5, 0.6) is 5.75 Å². The van der Waals surface area contributed by atoms with E-state index in [1.54, 1.807) is 18.2 Å². The van der Waals surface area contributed by atoms with Crippen molar-refractivity contribution < 1.29 is 9.53 Å². The summed E-state index contributed by atoms with van der Waals surface area (Å²) in [6.07, 6.45) is 5.37. The highest BCUT2D eigenvalue weighted by Crippen LogP contribution is 2.22. The second kappa shape index (κ2) is 9.23. The maximum atomic E-state index is 11.9. The SMILES string of the molecule is CCCCCNC(=O)c1ccc(OCCCC)c(N)c1. The fourth-order valence-corrected chi connectivity index (χ4v) is 1.83. The fraction of sp³-hybridized carbons (Fsp3) is 0.562. The third-order valence-corrected chi connectivity index (χ3v) is 3.09. The lowest BCUT2D eigenvalue weighted by molar-refractivity contribution is 0.0953. The molecule has 4 nitrogen and oxygen atoms in total. The molecular formula is C16H26N2O2. The number of ether oxygens (including phenoxy) is 1. The van der Waals surface area contributed by atoms with Gasteiger partial charge in [0.2, 0.25) is 0 Å². The molecule has 0 aliphatic carbocycles. The van der Waals surface area contributed by atoms with Gasteiger partial charge in [0.05, 0.1) is 12.3 Å². The molecule has 0 saturated carbocycles. The molecule has 0 unspecified atom stereocenters. The van der Waals surface area contributed by atoms with Crippen molar-refractivity contribution in [3.8, 4) is 5.75 Å². The van der Waals surface area contributed by atoms with Gasteiger partial charge in [0, 0.05) is 12.1 Å². The van der Waals surface area contributed by atoms with Gasteiger partial charge in [-0.1, -0.05) is 33.1 Å². The maximum absolute atomic E-state index is 11.9. The number of unbranched alkanes of at least 4 members (excludes halogenated alkanes) is 3. The van der Waals surface area contributed by atoms with Crippen LogP contribution in [-0.2, 0) is 0 Å². The number of nitrogens with two attached hydrogens (primary N) is 1. The van der Waals surface area contributed by atoms with Gasteiger partial charge < -0.3 is 15.8 Å². The van der Waals surface area contributed by atoms with Crippen molar-refractivity contribution in [3.63, 3.8) is 0 Å². The van der Waals surface area contributed by atoms with E-state index < -0.39 is 0 Å². The zero-order valence-electron chi connectivity index (χ0n) is 12.6. The van der Waals surface area contributed by atoms with Crippen molar-refractivity contribution in [2.75, 3.05) is 18.9 Å². The van der Waals surface area contributed by atoms with Crippen LogP contribution in [0.2, 0.25) is 0 Å². The first-order valence-corrected chi connectivity index (χ1v) is 7.49. The van der Waals surface area contributed by atoms with Gasteiger partial charge >= 0.3 is 0 Å². The Hall–Kier alpha value is -1.71. The smallest absolute Gasteiger partial charge is 0.251 e. The lowest BCUT2D eigenvalue weighted by Gasteiger charge is -2.10. The van der Waals surface area contributed by atoms with E-state index >= 15 is 0 Å². The van der Waals surface area contributed by atoms with Crippen LogP contribution in [0.3, 0.4) is 0 Å². The van der Waals surface area contributed by atoms with Crippen molar-refractivity contribution in [2.24, 2.45) is 0 Å². The molecule has 0 fully saturated rings. The molecule has 1 rings (SSSR count). The first kappa shape index (κ1) is 16.3. The highest BCUT2D eigenvalue weighted by Gasteiger charge is 2.08. The molecule has 0 bridgehead atoms. The van der Waals surface area contributed by atoms with Crippen molar-refractivity contribution >= 4 is 11.6 Å². The number of carbonyl (C=O) groups is 1. The number of hydrogen-bond acceptors (Lipinski definition) is 3. The predicted octanol–water partition coefficient (Wildman–Crippen LogP) is 3.37. The number of anilines is 1. The van der Waals surface area contributed by atoms with Crippen LogP contribution in [0.4, 0.5) is 5.69 Å². The van der Waals surface area contributed by atoms with Gasteiger partial charge in [0.15, 0.2) is 0 Å². The maximum Gasteiger partial charge on any atom is 0.251 e. The Morgan fingerprint density at radius 1 is 1.20 bits per heavy atom. The van der Waals surface area contributed by atoms with Gasteiger partial charge in [-0.25, -0.2) is 0 Å². The summed E-state index contributed by atoms with van der Waals surface area (Å²) in [6, 6.07) is 5.20. The minimum absolute atomic E-state index is 0.0760. The molecule has 4 heteroatoms. The first-order chi connectivity index (χ1) is 9.69. The van der Waals surface area contributed by atoms with Gasteiger partial charge in [0.25, 0.3) is 5.91 Å². The Morgan fingerprint density at radius 3 is 2.60 bits per heavy atom. The molecule has 1 aromatic rings. The van der Waals surface area contributed by atoms with Crippen molar-refractivity contribution in [1.29, 1.82) is 0 Å². The zero-order valence-corrected chi connectivity index (χ0v) is 12.6. The predicted molar refractivity (Wildman–Crippen MR) is 83.1 cm³/mol. The van der Waals surface area contributed by atoms with E-state index in [0.29, 0.717) is 30.2 Å². The van der Waals surface area contributed by atoms with E-state index in [1.807, 2.05) is 0 Å². The first-order valence-electron chi connectivity index (χ1n) is 7.49. The van der Waals surface area contributed by atoms with Crippen molar-refractivity contribution in [1.82, 2.24) is 5.32 Å². The quantitative estimate of drug-likeness (QED) is 0.537. The summed E-state index contributed by atoms with van der Waals surface area (Å²) in [6.45, 7) is 5.61. The number of rotatable bonds is 9. The molecule has 3 N–H and O–H groups in total. The fourth-order valence-electron chi connectivity index (χ4n) is 1.83. The van der Waals surface area contributed by atoms with Gasteiger partial charge in [-0.3, -0.25) is 4.79 Å². The standard InChI is InChI=1S/C16H26N2O2/c1-3-5-7-10-18-16(19)13-8-9-15(14(17)12-13)20-11-6-4-2/h8-9,12H,3-7,10-11,17H2,1-2H3,(H,18,19). The Kier molecular flexibility index (Phi) is 7.55. The summed E-state index contributed by atoms with van der Waals surface area (Å²) in [5, 5.41) is 2.90. The number of nitrogen functional groups attached to an aromatic ring is 1. The molecule has 0 atom stereocenters.